The van der Waals surface area contributed by atoms with Crippen molar-refractivity contribution < 1.29 is 4.74 Å². The monoisotopic (exact) mass is 200 g/mol. The van der Waals surface area contributed by atoms with Gasteiger partial charge in [-0.25, -0.2) is 0 Å². The highest BCUT2D eigenvalue weighted by Gasteiger charge is 2.29. The van der Waals surface area contributed by atoms with Crippen molar-refractivity contribution in [2.45, 2.75) is 45.2 Å². The zero-order chi connectivity index (χ0) is 10.6. The van der Waals surface area contributed by atoms with Gasteiger partial charge in [-0.15, -0.1) is 0 Å². The molecule has 1 aliphatic rings. The Labute approximate surface area is 87.4 Å². The van der Waals surface area contributed by atoms with Gasteiger partial charge in [0, 0.05) is 24.7 Å². The SMILES string of the molecule is CCC(C)C(N)CNC1(C)CCOC1. The molecule has 0 aromatic rings. The zero-order valence-electron chi connectivity index (χ0n) is 9.68. The summed E-state index contributed by atoms with van der Waals surface area (Å²) in [5, 5.41) is 3.52. The molecule has 3 heteroatoms. The van der Waals surface area contributed by atoms with Gasteiger partial charge in [0.2, 0.25) is 0 Å². The van der Waals surface area contributed by atoms with E-state index in [1.165, 1.54) is 0 Å². The lowest BCUT2D eigenvalue weighted by molar-refractivity contribution is 0.170. The van der Waals surface area contributed by atoms with E-state index in [4.69, 9.17) is 10.5 Å². The third kappa shape index (κ3) is 3.23. The first kappa shape index (κ1) is 12.0. The minimum atomic E-state index is 0.158. The van der Waals surface area contributed by atoms with E-state index in [2.05, 4.69) is 26.1 Å². The molecule has 1 saturated heterocycles. The van der Waals surface area contributed by atoms with Crippen LogP contribution < -0.4 is 11.1 Å². The van der Waals surface area contributed by atoms with Crippen LogP contribution in [0.15, 0.2) is 0 Å². The van der Waals surface area contributed by atoms with Crippen molar-refractivity contribution in [3.8, 4) is 0 Å². The van der Waals surface area contributed by atoms with Gasteiger partial charge >= 0.3 is 0 Å². The van der Waals surface area contributed by atoms with Gasteiger partial charge in [0.15, 0.2) is 0 Å². The van der Waals surface area contributed by atoms with Gasteiger partial charge in [0.1, 0.15) is 0 Å². The summed E-state index contributed by atoms with van der Waals surface area (Å²) >= 11 is 0. The molecule has 1 aliphatic heterocycles. The molecule has 3 unspecified atom stereocenters. The number of hydrogen-bond donors (Lipinski definition) is 2. The summed E-state index contributed by atoms with van der Waals surface area (Å²) in [6.07, 6.45) is 2.25. The van der Waals surface area contributed by atoms with E-state index in [1.807, 2.05) is 0 Å². The van der Waals surface area contributed by atoms with Crippen LogP contribution in [0.25, 0.3) is 0 Å². The highest BCUT2D eigenvalue weighted by atomic mass is 16.5. The van der Waals surface area contributed by atoms with Gasteiger partial charge < -0.3 is 15.8 Å². The second-order valence-electron chi connectivity index (χ2n) is 4.79. The number of rotatable bonds is 5. The average molecular weight is 200 g/mol. The van der Waals surface area contributed by atoms with Crippen LogP contribution >= 0.6 is 0 Å². The Balaban J connectivity index is 2.25. The van der Waals surface area contributed by atoms with Crippen molar-refractivity contribution in [2.24, 2.45) is 11.7 Å². The third-order valence-electron chi connectivity index (χ3n) is 3.36. The summed E-state index contributed by atoms with van der Waals surface area (Å²) < 4.78 is 5.38. The Morgan fingerprint density at radius 3 is 2.79 bits per heavy atom. The Morgan fingerprint density at radius 2 is 2.29 bits per heavy atom. The molecule has 0 aliphatic carbocycles. The molecule has 0 bridgehead atoms. The molecule has 0 radical (unpaired) electrons. The fourth-order valence-corrected chi connectivity index (χ4v) is 1.67. The quantitative estimate of drug-likeness (QED) is 0.699. The van der Waals surface area contributed by atoms with Crippen LogP contribution in [0.3, 0.4) is 0 Å². The fourth-order valence-electron chi connectivity index (χ4n) is 1.67. The molecule has 3 nitrogen and oxygen atoms in total. The van der Waals surface area contributed by atoms with Crippen molar-refractivity contribution in [2.75, 3.05) is 19.8 Å². The molecule has 1 rings (SSSR count). The lowest BCUT2D eigenvalue weighted by Crippen LogP contribution is -2.49. The van der Waals surface area contributed by atoms with Crippen LogP contribution in [0.5, 0.6) is 0 Å². The molecule has 1 fully saturated rings. The number of ether oxygens (including phenoxy) is 1. The van der Waals surface area contributed by atoms with Crippen LogP contribution in [0.2, 0.25) is 0 Å². The predicted octanol–water partition coefficient (Wildman–Crippen LogP) is 1.13. The summed E-state index contributed by atoms with van der Waals surface area (Å²) in [5.74, 6) is 0.591. The molecular weight excluding hydrogens is 176 g/mol. The summed E-state index contributed by atoms with van der Waals surface area (Å²) in [5.41, 5.74) is 6.22. The van der Waals surface area contributed by atoms with Gasteiger partial charge in [-0.2, -0.15) is 0 Å². The topological polar surface area (TPSA) is 47.3 Å². The van der Waals surface area contributed by atoms with Gasteiger partial charge in [-0.1, -0.05) is 20.3 Å². The number of nitrogens with one attached hydrogen (secondary N) is 1. The fraction of sp³-hybridized carbons (Fsp3) is 1.00. The van der Waals surface area contributed by atoms with Crippen molar-refractivity contribution >= 4 is 0 Å². The lowest BCUT2D eigenvalue weighted by Gasteiger charge is -2.27. The van der Waals surface area contributed by atoms with E-state index in [1.54, 1.807) is 0 Å². The van der Waals surface area contributed by atoms with Crippen molar-refractivity contribution in [3.63, 3.8) is 0 Å². The van der Waals surface area contributed by atoms with Crippen LogP contribution in [-0.4, -0.2) is 31.3 Å². The molecule has 0 aromatic heterocycles. The normalized spacial score (nSPS) is 31.7. The second-order valence-corrected chi connectivity index (χ2v) is 4.79. The molecule has 14 heavy (non-hydrogen) atoms. The molecule has 3 N–H and O–H groups in total. The highest BCUT2D eigenvalue weighted by molar-refractivity contribution is 4.88. The maximum Gasteiger partial charge on any atom is 0.0646 e. The smallest absolute Gasteiger partial charge is 0.0646 e. The lowest BCUT2D eigenvalue weighted by atomic mass is 9.97. The van der Waals surface area contributed by atoms with Crippen molar-refractivity contribution in [3.05, 3.63) is 0 Å². The summed E-state index contributed by atoms with van der Waals surface area (Å²) in [6, 6.07) is 0.262. The van der Waals surface area contributed by atoms with Crippen LogP contribution in [0, 0.1) is 5.92 Å². The van der Waals surface area contributed by atoms with E-state index >= 15 is 0 Å². The maximum atomic E-state index is 6.06. The third-order valence-corrected chi connectivity index (χ3v) is 3.36. The largest absolute Gasteiger partial charge is 0.379 e. The number of nitrogens with two attached hydrogens (primary N) is 1. The summed E-state index contributed by atoms with van der Waals surface area (Å²) in [6.45, 7) is 9.20. The van der Waals surface area contributed by atoms with E-state index in [9.17, 15) is 0 Å². The molecule has 84 valence electrons. The predicted molar refractivity (Wildman–Crippen MR) is 59.3 cm³/mol. The standard InChI is InChI=1S/C11H24N2O/c1-4-9(2)10(12)7-13-11(3)5-6-14-8-11/h9-10,13H,4-8,12H2,1-3H3. The second kappa shape index (κ2) is 5.10. The zero-order valence-corrected chi connectivity index (χ0v) is 9.68. The Morgan fingerprint density at radius 1 is 1.57 bits per heavy atom. The summed E-state index contributed by atoms with van der Waals surface area (Å²) in [7, 11) is 0. The number of hydrogen-bond acceptors (Lipinski definition) is 3. The average Bonchev–Trinajstić information content (AvgIpc) is 2.61. The van der Waals surface area contributed by atoms with Crippen LogP contribution in [0.4, 0.5) is 0 Å². The molecule has 3 atom stereocenters. The summed E-state index contributed by atoms with van der Waals surface area (Å²) in [4.78, 5) is 0. The Bertz CT molecular complexity index is 167. The Kier molecular flexibility index (Phi) is 4.35. The first-order valence-electron chi connectivity index (χ1n) is 5.66. The molecule has 0 aromatic carbocycles. The molecule has 0 spiro atoms. The van der Waals surface area contributed by atoms with E-state index in [0.717, 1.165) is 32.6 Å². The van der Waals surface area contributed by atoms with Gasteiger partial charge in [-0.3, -0.25) is 0 Å². The highest BCUT2D eigenvalue weighted by Crippen LogP contribution is 2.17. The van der Waals surface area contributed by atoms with Crippen LogP contribution in [-0.2, 0) is 4.74 Å². The first-order chi connectivity index (χ1) is 6.57. The minimum absolute atomic E-state index is 0.158. The molecule has 1 heterocycles. The van der Waals surface area contributed by atoms with Gasteiger partial charge in [0.05, 0.1) is 6.61 Å². The first-order valence-corrected chi connectivity index (χ1v) is 5.66. The molecule has 0 amide bonds. The molecular formula is C11H24N2O. The molecule has 0 saturated carbocycles. The van der Waals surface area contributed by atoms with E-state index in [-0.39, 0.29) is 11.6 Å². The van der Waals surface area contributed by atoms with Crippen molar-refractivity contribution in [1.29, 1.82) is 0 Å². The van der Waals surface area contributed by atoms with E-state index in [0.29, 0.717) is 5.92 Å². The van der Waals surface area contributed by atoms with Crippen LogP contribution in [0.1, 0.15) is 33.6 Å². The van der Waals surface area contributed by atoms with E-state index < -0.39 is 0 Å². The Hall–Kier alpha value is -0.120. The van der Waals surface area contributed by atoms with Gasteiger partial charge in [0.25, 0.3) is 0 Å². The maximum absolute atomic E-state index is 6.06. The minimum Gasteiger partial charge on any atom is -0.379 e. The van der Waals surface area contributed by atoms with Gasteiger partial charge in [-0.05, 0) is 19.3 Å². The van der Waals surface area contributed by atoms with Crippen molar-refractivity contribution in [1.82, 2.24) is 5.32 Å².